The van der Waals surface area contributed by atoms with Gasteiger partial charge in [0.1, 0.15) is 23.1 Å². The summed E-state index contributed by atoms with van der Waals surface area (Å²) in [4.78, 5) is 39.7. The van der Waals surface area contributed by atoms with Crippen LogP contribution in [0, 0.1) is 11.6 Å². The molecular formula is C28H20F2N2O6. The van der Waals surface area contributed by atoms with Crippen LogP contribution in [0.1, 0.15) is 26.5 Å². The van der Waals surface area contributed by atoms with Gasteiger partial charge in [0.05, 0.1) is 17.6 Å². The summed E-state index contributed by atoms with van der Waals surface area (Å²) in [6.07, 6.45) is 0.669. The summed E-state index contributed by atoms with van der Waals surface area (Å²) in [6, 6.07) is 19.6. The van der Waals surface area contributed by atoms with Crippen LogP contribution < -0.4 is 10.2 Å². The van der Waals surface area contributed by atoms with Gasteiger partial charge in [-0.15, -0.1) is 0 Å². The van der Waals surface area contributed by atoms with Crippen molar-refractivity contribution >= 4 is 33.7 Å². The molecule has 0 amide bonds. The van der Waals surface area contributed by atoms with Crippen LogP contribution in [0.15, 0.2) is 83.7 Å². The summed E-state index contributed by atoms with van der Waals surface area (Å²) in [7, 11) is 0. The van der Waals surface area contributed by atoms with E-state index in [2.05, 4.69) is 9.97 Å². The van der Waals surface area contributed by atoms with E-state index >= 15 is 0 Å². The first-order chi connectivity index (χ1) is 18.2. The molecule has 0 spiro atoms. The Morgan fingerprint density at radius 1 is 0.842 bits per heavy atom. The summed E-state index contributed by atoms with van der Waals surface area (Å²) < 4.78 is 32.0. The van der Waals surface area contributed by atoms with Crippen molar-refractivity contribution in [2.24, 2.45) is 0 Å². The normalized spacial score (nSPS) is 10.6. The maximum atomic E-state index is 13.5. The zero-order valence-electron chi connectivity index (χ0n) is 19.7. The van der Waals surface area contributed by atoms with Gasteiger partial charge in [0.25, 0.3) is 0 Å². The molecule has 0 radical (unpaired) electrons. The summed E-state index contributed by atoms with van der Waals surface area (Å²) in [5.74, 6) is -3.00. The van der Waals surface area contributed by atoms with E-state index in [-0.39, 0.29) is 16.8 Å². The van der Waals surface area contributed by atoms with E-state index in [0.717, 1.165) is 23.8 Å². The highest BCUT2D eigenvalue weighted by Crippen LogP contribution is 2.26. The topological polar surface area (TPSA) is 130 Å². The number of halogens is 2. The number of ether oxygens (including phenoxy) is 1. The highest BCUT2D eigenvalue weighted by atomic mass is 19.1. The third-order valence-corrected chi connectivity index (χ3v) is 5.47. The van der Waals surface area contributed by atoms with E-state index in [4.69, 9.17) is 14.9 Å². The molecule has 0 saturated carbocycles. The molecule has 38 heavy (non-hydrogen) atoms. The number of aromatic carboxylic acids is 2. The number of aromatic nitrogens is 2. The molecule has 0 atom stereocenters. The minimum Gasteiger partial charge on any atom is -0.492 e. The first kappa shape index (κ1) is 26.0. The molecule has 2 aromatic heterocycles. The maximum Gasteiger partial charge on any atom is 0.354 e. The summed E-state index contributed by atoms with van der Waals surface area (Å²) in [6.45, 7) is 0.360. The lowest BCUT2D eigenvalue weighted by molar-refractivity contribution is 0.0680. The van der Waals surface area contributed by atoms with Crippen molar-refractivity contribution in [2.75, 3.05) is 6.61 Å². The summed E-state index contributed by atoms with van der Waals surface area (Å²) in [5, 5.41) is 18.4. The number of benzene rings is 3. The number of aromatic amines is 1. The molecule has 0 bridgehead atoms. The van der Waals surface area contributed by atoms with E-state index in [9.17, 15) is 23.2 Å². The van der Waals surface area contributed by atoms with Crippen LogP contribution in [0.25, 0.3) is 21.8 Å². The Balaban J connectivity index is 0.000000194. The van der Waals surface area contributed by atoms with Crippen LogP contribution in [0.3, 0.4) is 0 Å². The number of hydrogen-bond acceptors (Lipinski definition) is 5. The van der Waals surface area contributed by atoms with Crippen LogP contribution in [-0.2, 0) is 6.42 Å². The molecule has 0 unspecified atom stereocenters. The molecule has 2 heterocycles. The van der Waals surface area contributed by atoms with E-state index in [1.165, 1.54) is 30.3 Å². The van der Waals surface area contributed by atoms with Gasteiger partial charge in [-0.2, -0.15) is 0 Å². The quantitative estimate of drug-likeness (QED) is 0.287. The number of nitrogens with zero attached hydrogens (tertiary/aromatic N) is 1. The Labute approximate surface area is 213 Å². The van der Waals surface area contributed by atoms with Gasteiger partial charge in [0, 0.05) is 29.3 Å². The van der Waals surface area contributed by atoms with Crippen LogP contribution in [-0.4, -0.2) is 38.7 Å². The zero-order chi connectivity index (χ0) is 27.2. The predicted octanol–water partition coefficient (Wildman–Crippen LogP) is 5.06. The van der Waals surface area contributed by atoms with Crippen molar-refractivity contribution < 1.29 is 33.3 Å². The van der Waals surface area contributed by atoms with Gasteiger partial charge in [-0.1, -0.05) is 30.3 Å². The molecule has 0 aliphatic rings. The van der Waals surface area contributed by atoms with Crippen molar-refractivity contribution in [3.05, 3.63) is 118 Å². The van der Waals surface area contributed by atoms with Gasteiger partial charge in [0.2, 0.25) is 0 Å². The van der Waals surface area contributed by atoms with Crippen molar-refractivity contribution in [3.63, 3.8) is 0 Å². The number of nitrogens with one attached hydrogen (secondary N) is 1. The Morgan fingerprint density at radius 2 is 1.53 bits per heavy atom. The Bertz CT molecular complexity index is 1700. The van der Waals surface area contributed by atoms with Gasteiger partial charge in [-0.05, 0) is 42.0 Å². The highest BCUT2D eigenvalue weighted by Gasteiger charge is 2.13. The van der Waals surface area contributed by atoms with Crippen molar-refractivity contribution in [2.45, 2.75) is 6.42 Å². The molecule has 5 rings (SSSR count). The van der Waals surface area contributed by atoms with E-state index in [0.29, 0.717) is 35.2 Å². The SMILES string of the molecule is O=C(O)c1cc(=O)c2cc(F)ccc2[nH]1.O=C(O)c1cc(OCCc2ccccc2)c2cc(F)ccc2n1. The third kappa shape index (κ3) is 6.16. The average molecular weight is 518 g/mol. The highest BCUT2D eigenvalue weighted by molar-refractivity contribution is 5.93. The van der Waals surface area contributed by atoms with Gasteiger partial charge < -0.3 is 19.9 Å². The lowest BCUT2D eigenvalue weighted by Crippen LogP contribution is -2.09. The molecule has 0 aliphatic heterocycles. The number of carboxylic acids is 2. The lowest BCUT2D eigenvalue weighted by atomic mass is 10.1. The van der Waals surface area contributed by atoms with E-state index in [1.54, 1.807) is 0 Å². The van der Waals surface area contributed by atoms with E-state index in [1.807, 2.05) is 30.3 Å². The fourth-order valence-electron chi connectivity index (χ4n) is 3.65. The predicted molar refractivity (Wildman–Crippen MR) is 136 cm³/mol. The molecule has 192 valence electrons. The smallest absolute Gasteiger partial charge is 0.354 e. The average Bonchev–Trinajstić information content (AvgIpc) is 2.90. The second-order valence-electron chi connectivity index (χ2n) is 8.10. The second kappa shape index (κ2) is 11.3. The van der Waals surface area contributed by atoms with Crippen LogP contribution in [0.2, 0.25) is 0 Å². The molecule has 8 nitrogen and oxygen atoms in total. The minimum absolute atomic E-state index is 0.126. The Kier molecular flexibility index (Phi) is 7.72. The number of H-pyrrole nitrogens is 1. The zero-order valence-corrected chi connectivity index (χ0v) is 19.7. The molecule has 3 N–H and O–H groups in total. The van der Waals surface area contributed by atoms with Crippen molar-refractivity contribution in [1.29, 1.82) is 0 Å². The van der Waals surface area contributed by atoms with Gasteiger partial charge in [-0.3, -0.25) is 4.79 Å². The molecule has 10 heteroatoms. The standard InChI is InChI=1S/C18H14FNO3.C10H6FNO3/c19-13-6-7-15-14(10-13)17(11-16(20-15)18(21)22)23-9-8-12-4-2-1-3-5-12;11-5-1-2-7-6(3-5)9(13)4-8(12-7)10(14)15/h1-7,10-11H,8-9H2,(H,21,22);1-4H,(H,12,13)(H,14,15). The Hall–Kier alpha value is -5.12. The van der Waals surface area contributed by atoms with Gasteiger partial charge in [-0.25, -0.2) is 23.4 Å². The molecular weight excluding hydrogens is 498 g/mol. The number of carbonyl (C=O) groups is 2. The first-order valence-electron chi connectivity index (χ1n) is 11.3. The number of carboxylic acid groups (broad SMARTS) is 2. The molecule has 3 aromatic carbocycles. The van der Waals surface area contributed by atoms with Crippen LogP contribution in [0.5, 0.6) is 5.75 Å². The monoisotopic (exact) mass is 518 g/mol. The van der Waals surface area contributed by atoms with Crippen LogP contribution in [0.4, 0.5) is 8.78 Å². The fourth-order valence-corrected chi connectivity index (χ4v) is 3.65. The van der Waals surface area contributed by atoms with Gasteiger partial charge in [0.15, 0.2) is 11.1 Å². The minimum atomic E-state index is -1.22. The van der Waals surface area contributed by atoms with Crippen molar-refractivity contribution in [1.82, 2.24) is 9.97 Å². The number of hydrogen-bond donors (Lipinski definition) is 3. The van der Waals surface area contributed by atoms with Gasteiger partial charge >= 0.3 is 11.9 Å². The van der Waals surface area contributed by atoms with Crippen molar-refractivity contribution in [3.8, 4) is 5.75 Å². The summed E-state index contributed by atoms with van der Waals surface area (Å²) >= 11 is 0. The molecule has 5 aromatic rings. The number of pyridine rings is 2. The largest absolute Gasteiger partial charge is 0.492 e. The number of rotatable bonds is 6. The molecule has 0 saturated heterocycles. The fraction of sp³-hybridized carbons (Fsp3) is 0.0714. The Morgan fingerprint density at radius 3 is 2.21 bits per heavy atom. The van der Waals surface area contributed by atoms with E-state index < -0.39 is 29.0 Å². The third-order valence-electron chi connectivity index (χ3n) is 5.47. The molecule has 0 fully saturated rings. The summed E-state index contributed by atoms with van der Waals surface area (Å²) in [5.41, 5.74) is 0.955. The maximum absolute atomic E-state index is 13.5. The second-order valence-corrected chi connectivity index (χ2v) is 8.10. The number of fused-ring (bicyclic) bond motifs is 2. The first-order valence-corrected chi connectivity index (χ1v) is 11.3. The van der Waals surface area contributed by atoms with Crippen LogP contribution >= 0.6 is 0 Å². The molecule has 0 aliphatic carbocycles. The lowest BCUT2D eigenvalue weighted by Gasteiger charge is -2.10.